The molecule has 0 bridgehead atoms. The summed E-state index contributed by atoms with van der Waals surface area (Å²) in [5, 5.41) is 20.0. The first-order valence-corrected chi connectivity index (χ1v) is 6.15. The molecule has 0 saturated carbocycles. The summed E-state index contributed by atoms with van der Waals surface area (Å²) >= 11 is 5.69. The summed E-state index contributed by atoms with van der Waals surface area (Å²) in [4.78, 5) is 21.1. The molecule has 110 valence electrons. The van der Waals surface area contributed by atoms with E-state index in [1.165, 1.54) is 24.3 Å². The number of benzene rings is 1. The molecule has 0 spiro atoms. The van der Waals surface area contributed by atoms with Crippen LogP contribution < -0.4 is 4.74 Å². The maximum atomic E-state index is 10.9. The van der Waals surface area contributed by atoms with Gasteiger partial charge in [-0.25, -0.2) is 4.79 Å². The molecule has 0 radical (unpaired) electrons. The lowest BCUT2D eigenvalue weighted by atomic mass is 10.2. The monoisotopic (exact) mass is 311 g/mol. The Hall–Kier alpha value is -2.54. The molecule has 1 aromatic heterocycles. The average Bonchev–Trinajstić information content (AvgIpc) is 2.78. The van der Waals surface area contributed by atoms with Gasteiger partial charge in [-0.1, -0.05) is 11.6 Å². The van der Waals surface area contributed by atoms with Gasteiger partial charge in [0.05, 0.1) is 4.92 Å². The van der Waals surface area contributed by atoms with Crippen molar-refractivity contribution in [2.75, 3.05) is 0 Å². The third-order valence-corrected chi connectivity index (χ3v) is 2.89. The topological polar surface area (TPSA) is 103 Å². The maximum absolute atomic E-state index is 10.9. The predicted molar refractivity (Wildman–Crippen MR) is 72.8 cm³/mol. The van der Waals surface area contributed by atoms with Gasteiger partial charge < -0.3 is 14.3 Å². The number of carboxylic acids is 1. The van der Waals surface area contributed by atoms with Gasteiger partial charge in [0.25, 0.3) is 0 Å². The summed E-state index contributed by atoms with van der Waals surface area (Å²) in [5.74, 6) is -1.08. The molecule has 1 N–H and O–H groups in total. The van der Waals surface area contributed by atoms with E-state index in [1.807, 2.05) is 0 Å². The number of nitro groups is 1. The van der Waals surface area contributed by atoms with Crippen LogP contribution in [0.15, 0.2) is 28.7 Å². The molecular weight excluding hydrogens is 302 g/mol. The molecule has 1 aromatic carbocycles. The van der Waals surface area contributed by atoms with Crippen LogP contribution in [0.3, 0.4) is 0 Å². The third kappa shape index (κ3) is 3.32. The Labute approximate surface area is 123 Å². The van der Waals surface area contributed by atoms with Gasteiger partial charge in [-0.2, -0.15) is 0 Å². The lowest BCUT2D eigenvalue weighted by Gasteiger charge is -2.05. The third-order valence-electron chi connectivity index (χ3n) is 2.65. The molecule has 2 aromatic rings. The Kier molecular flexibility index (Phi) is 4.13. The molecule has 0 fully saturated rings. The van der Waals surface area contributed by atoms with Crippen molar-refractivity contribution < 1.29 is 24.0 Å². The Bertz CT molecular complexity index is 709. The highest BCUT2D eigenvalue weighted by molar-refractivity contribution is 6.30. The summed E-state index contributed by atoms with van der Waals surface area (Å²) in [6.45, 7) is 1.46. The zero-order valence-corrected chi connectivity index (χ0v) is 11.6. The molecule has 0 aliphatic carbocycles. The smallest absolute Gasteiger partial charge is 0.372 e. The minimum absolute atomic E-state index is 0.0235. The van der Waals surface area contributed by atoms with Crippen LogP contribution in [0.2, 0.25) is 5.02 Å². The maximum Gasteiger partial charge on any atom is 0.372 e. The van der Waals surface area contributed by atoms with Crippen LogP contribution in [0.5, 0.6) is 5.75 Å². The number of furan rings is 1. The minimum Gasteiger partial charge on any atom is -0.479 e. The van der Waals surface area contributed by atoms with E-state index in [0.29, 0.717) is 5.56 Å². The van der Waals surface area contributed by atoms with Gasteiger partial charge in [-0.05, 0) is 25.1 Å². The molecule has 21 heavy (non-hydrogen) atoms. The average molecular weight is 312 g/mol. The van der Waals surface area contributed by atoms with Crippen molar-refractivity contribution >= 4 is 23.3 Å². The number of hydrogen-bond acceptors (Lipinski definition) is 5. The van der Waals surface area contributed by atoms with Crippen molar-refractivity contribution in [2.24, 2.45) is 0 Å². The van der Waals surface area contributed by atoms with Gasteiger partial charge in [-0.15, -0.1) is 0 Å². The van der Waals surface area contributed by atoms with Crippen molar-refractivity contribution in [2.45, 2.75) is 13.5 Å². The number of aromatic carboxylic acids is 1. The van der Waals surface area contributed by atoms with Gasteiger partial charge in [0, 0.05) is 16.7 Å². The number of ether oxygens (including phenoxy) is 1. The summed E-state index contributed by atoms with van der Waals surface area (Å²) < 4.78 is 10.4. The Morgan fingerprint density at radius 2 is 2.19 bits per heavy atom. The number of nitro benzene ring substituents is 1. The van der Waals surface area contributed by atoms with E-state index in [4.69, 9.17) is 25.9 Å². The van der Waals surface area contributed by atoms with Crippen molar-refractivity contribution in [3.63, 3.8) is 0 Å². The van der Waals surface area contributed by atoms with Crippen LogP contribution >= 0.6 is 11.6 Å². The van der Waals surface area contributed by atoms with Gasteiger partial charge in [0.15, 0.2) is 5.75 Å². The highest BCUT2D eigenvalue weighted by Crippen LogP contribution is 2.30. The van der Waals surface area contributed by atoms with Crippen molar-refractivity contribution in [1.29, 1.82) is 0 Å². The number of carbonyl (C=O) groups is 1. The van der Waals surface area contributed by atoms with Crippen LogP contribution in [0.1, 0.15) is 21.9 Å². The van der Waals surface area contributed by atoms with Crippen LogP contribution in [-0.4, -0.2) is 16.0 Å². The SMILES string of the molecule is Cc1cc(COc2ccc(Cl)cc2[N+](=O)[O-])oc1C(=O)O. The largest absolute Gasteiger partial charge is 0.479 e. The highest BCUT2D eigenvalue weighted by atomic mass is 35.5. The lowest BCUT2D eigenvalue weighted by molar-refractivity contribution is -0.385. The van der Waals surface area contributed by atoms with E-state index in [-0.39, 0.29) is 34.6 Å². The molecule has 0 atom stereocenters. The van der Waals surface area contributed by atoms with Crippen LogP contribution in [-0.2, 0) is 6.61 Å². The first-order valence-electron chi connectivity index (χ1n) is 5.78. The molecule has 0 saturated heterocycles. The first-order chi connectivity index (χ1) is 9.88. The molecule has 1 heterocycles. The highest BCUT2D eigenvalue weighted by Gasteiger charge is 2.18. The number of aryl methyl sites for hydroxylation is 1. The number of rotatable bonds is 5. The van der Waals surface area contributed by atoms with E-state index < -0.39 is 10.9 Å². The summed E-state index contributed by atoms with van der Waals surface area (Å²) in [7, 11) is 0. The summed E-state index contributed by atoms with van der Waals surface area (Å²) in [6, 6.07) is 5.51. The van der Waals surface area contributed by atoms with E-state index in [9.17, 15) is 14.9 Å². The van der Waals surface area contributed by atoms with Crippen LogP contribution in [0.4, 0.5) is 5.69 Å². The van der Waals surface area contributed by atoms with Gasteiger partial charge in [0.2, 0.25) is 5.76 Å². The fourth-order valence-electron chi connectivity index (χ4n) is 1.74. The second-order valence-corrected chi connectivity index (χ2v) is 4.62. The summed E-state index contributed by atoms with van der Waals surface area (Å²) in [6.07, 6.45) is 0. The number of carboxylic acid groups (broad SMARTS) is 1. The normalized spacial score (nSPS) is 10.4. The standard InChI is InChI=1S/C13H10ClNO6/c1-7-4-9(21-12(7)13(16)17)6-20-11-3-2-8(14)5-10(11)15(18)19/h2-5H,6H2,1H3,(H,16,17). The number of hydrogen-bond donors (Lipinski definition) is 1. The summed E-state index contributed by atoms with van der Waals surface area (Å²) in [5.41, 5.74) is 0.177. The van der Waals surface area contributed by atoms with Crippen molar-refractivity contribution in [3.05, 3.63) is 56.5 Å². The van der Waals surface area contributed by atoms with Crippen molar-refractivity contribution in [3.8, 4) is 5.75 Å². The number of nitrogens with zero attached hydrogens (tertiary/aromatic N) is 1. The van der Waals surface area contributed by atoms with Crippen LogP contribution in [0.25, 0.3) is 0 Å². The lowest BCUT2D eigenvalue weighted by Crippen LogP contribution is -1.98. The fourth-order valence-corrected chi connectivity index (χ4v) is 1.90. The van der Waals surface area contributed by atoms with Gasteiger partial charge in [0.1, 0.15) is 12.4 Å². The predicted octanol–water partition coefficient (Wildman–Crippen LogP) is 3.43. The number of halogens is 1. The molecule has 0 amide bonds. The second kappa shape index (κ2) is 5.84. The zero-order valence-electron chi connectivity index (χ0n) is 10.8. The molecule has 0 unspecified atom stereocenters. The van der Waals surface area contributed by atoms with Gasteiger partial charge >= 0.3 is 11.7 Å². The Morgan fingerprint density at radius 3 is 2.76 bits per heavy atom. The van der Waals surface area contributed by atoms with Crippen molar-refractivity contribution in [1.82, 2.24) is 0 Å². The molecule has 0 aliphatic heterocycles. The van der Waals surface area contributed by atoms with Crippen LogP contribution in [0, 0.1) is 17.0 Å². The minimum atomic E-state index is -1.18. The van der Waals surface area contributed by atoms with Gasteiger partial charge in [-0.3, -0.25) is 10.1 Å². The Morgan fingerprint density at radius 1 is 1.48 bits per heavy atom. The Balaban J connectivity index is 2.19. The first kappa shape index (κ1) is 14.9. The van der Waals surface area contributed by atoms with E-state index in [1.54, 1.807) is 6.92 Å². The second-order valence-electron chi connectivity index (χ2n) is 4.19. The van der Waals surface area contributed by atoms with E-state index in [2.05, 4.69) is 0 Å². The molecule has 8 heteroatoms. The van der Waals surface area contributed by atoms with E-state index >= 15 is 0 Å². The molecule has 0 aliphatic rings. The molecule has 2 rings (SSSR count). The van der Waals surface area contributed by atoms with E-state index in [0.717, 1.165) is 0 Å². The molecule has 7 nitrogen and oxygen atoms in total. The molecular formula is C13H10ClNO6. The fraction of sp³-hybridized carbons (Fsp3) is 0.154. The zero-order chi connectivity index (χ0) is 15.6. The quantitative estimate of drug-likeness (QED) is 0.670.